The van der Waals surface area contributed by atoms with Crippen LogP contribution in [-0.2, 0) is 6.67 Å². The monoisotopic (exact) mass is 288 g/mol. The molecular weight excluding hydrogens is 268 g/mol. The fourth-order valence-electron chi connectivity index (χ4n) is 2.69. The lowest BCUT2D eigenvalue weighted by molar-refractivity contribution is 0.253. The number of nitrogens with zero attached hydrogens (tertiary/aromatic N) is 4. The number of aromatic nitrogens is 3. The van der Waals surface area contributed by atoms with Gasteiger partial charge in [0.1, 0.15) is 6.33 Å². The van der Waals surface area contributed by atoms with Crippen LogP contribution in [0.5, 0.6) is 0 Å². The molecule has 1 saturated heterocycles. The molecule has 2 aromatic rings. The average Bonchev–Trinajstić information content (AvgIpc) is 3.05. The van der Waals surface area contributed by atoms with E-state index in [-0.39, 0.29) is 0 Å². The van der Waals surface area contributed by atoms with Gasteiger partial charge in [0.05, 0.1) is 12.4 Å². The molecule has 0 spiro atoms. The minimum Gasteiger partial charge on any atom is -0.284 e. The van der Waals surface area contributed by atoms with Crippen molar-refractivity contribution in [3.05, 3.63) is 40.4 Å². The largest absolute Gasteiger partial charge is 0.284 e. The molecule has 0 radical (unpaired) electrons. The van der Waals surface area contributed by atoms with Gasteiger partial charge in [-0.1, -0.05) is 12.1 Å². The summed E-state index contributed by atoms with van der Waals surface area (Å²) in [5.74, 6) is 0. The summed E-state index contributed by atoms with van der Waals surface area (Å²) in [5.41, 5.74) is 3.58. The molecule has 1 aromatic heterocycles. The highest BCUT2D eigenvalue weighted by molar-refractivity contribution is 7.71. The van der Waals surface area contributed by atoms with E-state index in [1.54, 1.807) is 0 Å². The number of likely N-dealkylation sites (tertiary alicyclic amines) is 1. The van der Waals surface area contributed by atoms with Crippen molar-refractivity contribution in [3.8, 4) is 5.69 Å². The van der Waals surface area contributed by atoms with Gasteiger partial charge in [0, 0.05) is 0 Å². The van der Waals surface area contributed by atoms with Gasteiger partial charge >= 0.3 is 0 Å². The van der Waals surface area contributed by atoms with Crippen LogP contribution < -0.4 is 0 Å². The maximum atomic E-state index is 5.58. The molecule has 1 aliphatic heterocycles. The van der Waals surface area contributed by atoms with E-state index in [0.29, 0.717) is 0 Å². The van der Waals surface area contributed by atoms with Crippen LogP contribution in [0.15, 0.2) is 24.5 Å². The molecule has 0 aliphatic carbocycles. The predicted molar refractivity (Wildman–Crippen MR) is 82.7 cm³/mol. The molecule has 0 amide bonds. The Kier molecular flexibility index (Phi) is 3.72. The Morgan fingerprint density at radius 3 is 2.70 bits per heavy atom. The van der Waals surface area contributed by atoms with Crippen molar-refractivity contribution in [2.75, 3.05) is 13.1 Å². The Hall–Kier alpha value is -1.46. The van der Waals surface area contributed by atoms with Gasteiger partial charge in [-0.15, -0.1) is 0 Å². The third-order valence-corrected chi connectivity index (χ3v) is 4.30. The van der Waals surface area contributed by atoms with Crippen molar-refractivity contribution in [1.82, 2.24) is 19.2 Å². The fourth-order valence-corrected chi connectivity index (χ4v) is 2.94. The highest BCUT2D eigenvalue weighted by atomic mass is 32.1. The van der Waals surface area contributed by atoms with Crippen molar-refractivity contribution in [2.24, 2.45) is 0 Å². The van der Waals surface area contributed by atoms with Gasteiger partial charge in [-0.3, -0.25) is 9.47 Å². The third kappa shape index (κ3) is 2.55. The van der Waals surface area contributed by atoms with E-state index in [2.05, 4.69) is 42.0 Å². The summed E-state index contributed by atoms with van der Waals surface area (Å²) < 4.78 is 4.70. The van der Waals surface area contributed by atoms with Gasteiger partial charge in [0.2, 0.25) is 4.77 Å². The molecule has 1 aromatic carbocycles. The SMILES string of the molecule is Cc1ccc(C)c(-n2cnn(CN3CCCC3)c2=S)c1. The molecular formula is C15H20N4S. The van der Waals surface area contributed by atoms with Gasteiger partial charge < -0.3 is 0 Å². The van der Waals surface area contributed by atoms with Crippen LogP contribution in [0.2, 0.25) is 0 Å². The summed E-state index contributed by atoms with van der Waals surface area (Å²) in [6.07, 6.45) is 4.40. The second kappa shape index (κ2) is 5.50. The Bertz CT molecular complexity index is 665. The van der Waals surface area contributed by atoms with Crippen LogP contribution in [-0.4, -0.2) is 32.3 Å². The molecule has 3 rings (SSSR count). The van der Waals surface area contributed by atoms with Crippen molar-refractivity contribution < 1.29 is 0 Å². The van der Waals surface area contributed by atoms with Gasteiger partial charge in [0.25, 0.3) is 0 Å². The molecule has 0 unspecified atom stereocenters. The molecule has 4 nitrogen and oxygen atoms in total. The maximum absolute atomic E-state index is 5.58. The molecule has 1 fully saturated rings. The lowest BCUT2D eigenvalue weighted by atomic mass is 10.1. The highest BCUT2D eigenvalue weighted by Crippen LogP contribution is 2.17. The van der Waals surface area contributed by atoms with Crippen LogP contribution in [0, 0.1) is 18.6 Å². The van der Waals surface area contributed by atoms with E-state index in [1.165, 1.54) is 24.0 Å². The molecule has 2 heterocycles. The summed E-state index contributed by atoms with van der Waals surface area (Å²) in [6, 6.07) is 6.41. The molecule has 106 valence electrons. The Labute approximate surface area is 124 Å². The van der Waals surface area contributed by atoms with Crippen LogP contribution in [0.4, 0.5) is 0 Å². The molecule has 0 bridgehead atoms. The number of hydrogen-bond donors (Lipinski definition) is 0. The van der Waals surface area contributed by atoms with Crippen LogP contribution in [0.25, 0.3) is 5.69 Å². The summed E-state index contributed by atoms with van der Waals surface area (Å²) in [5, 5.41) is 4.46. The first-order valence-electron chi connectivity index (χ1n) is 7.09. The van der Waals surface area contributed by atoms with Gasteiger partial charge in [-0.05, 0) is 69.2 Å². The zero-order valence-electron chi connectivity index (χ0n) is 12.0. The number of benzene rings is 1. The zero-order chi connectivity index (χ0) is 14.1. The zero-order valence-corrected chi connectivity index (χ0v) is 12.9. The summed E-state index contributed by atoms with van der Waals surface area (Å²) in [6.45, 7) is 7.31. The summed E-state index contributed by atoms with van der Waals surface area (Å²) >= 11 is 5.58. The minimum absolute atomic E-state index is 0.769. The normalized spacial score (nSPS) is 15.9. The van der Waals surface area contributed by atoms with E-state index >= 15 is 0 Å². The van der Waals surface area contributed by atoms with E-state index in [4.69, 9.17) is 12.2 Å². The van der Waals surface area contributed by atoms with E-state index < -0.39 is 0 Å². The Morgan fingerprint density at radius 1 is 1.20 bits per heavy atom. The first kappa shape index (κ1) is 13.5. The quantitative estimate of drug-likeness (QED) is 0.812. The minimum atomic E-state index is 0.769. The standard InChI is InChI=1S/C15H20N4S/c1-12-5-6-13(2)14(9-12)18-10-16-19(15(18)20)11-17-7-3-4-8-17/h5-6,9-10H,3-4,7-8,11H2,1-2H3. The molecule has 0 N–H and O–H groups in total. The van der Waals surface area contributed by atoms with Gasteiger partial charge in [-0.2, -0.15) is 5.10 Å². The maximum Gasteiger partial charge on any atom is 0.203 e. The molecule has 5 heteroatoms. The van der Waals surface area contributed by atoms with Crippen molar-refractivity contribution in [3.63, 3.8) is 0 Å². The number of hydrogen-bond acceptors (Lipinski definition) is 3. The van der Waals surface area contributed by atoms with E-state index in [0.717, 1.165) is 30.2 Å². The van der Waals surface area contributed by atoms with Crippen molar-refractivity contribution in [2.45, 2.75) is 33.4 Å². The van der Waals surface area contributed by atoms with E-state index in [9.17, 15) is 0 Å². The van der Waals surface area contributed by atoms with Crippen LogP contribution >= 0.6 is 12.2 Å². The van der Waals surface area contributed by atoms with Crippen molar-refractivity contribution >= 4 is 12.2 Å². The predicted octanol–water partition coefficient (Wildman–Crippen LogP) is 3.07. The van der Waals surface area contributed by atoms with E-state index in [1.807, 2.05) is 15.6 Å². The lowest BCUT2D eigenvalue weighted by Gasteiger charge is -2.14. The van der Waals surface area contributed by atoms with Crippen LogP contribution in [0.1, 0.15) is 24.0 Å². The lowest BCUT2D eigenvalue weighted by Crippen LogP contribution is -2.23. The van der Waals surface area contributed by atoms with Crippen molar-refractivity contribution in [1.29, 1.82) is 0 Å². The fraction of sp³-hybridized carbons (Fsp3) is 0.467. The van der Waals surface area contributed by atoms with Gasteiger partial charge in [0.15, 0.2) is 0 Å². The number of aryl methyl sites for hydroxylation is 2. The average molecular weight is 288 g/mol. The topological polar surface area (TPSA) is 26.0 Å². The first-order chi connectivity index (χ1) is 9.65. The second-order valence-corrected chi connectivity index (χ2v) is 5.90. The second-order valence-electron chi connectivity index (χ2n) is 5.54. The molecule has 0 saturated carbocycles. The van der Waals surface area contributed by atoms with Gasteiger partial charge in [-0.25, -0.2) is 4.68 Å². The highest BCUT2D eigenvalue weighted by Gasteiger charge is 2.14. The molecule has 20 heavy (non-hydrogen) atoms. The summed E-state index contributed by atoms with van der Waals surface area (Å²) in [7, 11) is 0. The summed E-state index contributed by atoms with van der Waals surface area (Å²) in [4.78, 5) is 2.40. The Balaban J connectivity index is 1.93. The molecule has 0 atom stereocenters. The Morgan fingerprint density at radius 2 is 1.95 bits per heavy atom. The smallest absolute Gasteiger partial charge is 0.203 e. The van der Waals surface area contributed by atoms with Crippen LogP contribution in [0.3, 0.4) is 0 Å². The number of rotatable bonds is 3. The molecule has 1 aliphatic rings. The first-order valence-corrected chi connectivity index (χ1v) is 7.50. The third-order valence-electron chi connectivity index (χ3n) is 3.89.